The number of halogens is 1. The number of aromatic carboxylic acids is 1. The van der Waals surface area contributed by atoms with Crippen LogP contribution in [0, 0.1) is 12.3 Å². The first-order valence-electron chi connectivity index (χ1n) is 4.64. The zero-order valence-corrected chi connectivity index (χ0v) is 10.6. The summed E-state index contributed by atoms with van der Waals surface area (Å²) in [5.74, 6) is 1.65. The maximum atomic E-state index is 10.7. The summed E-state index contributed by atoms with van der Waals surface area (Å²) in [6.07, 6.45) is 5.36. The van der Waals surface area contributed by atoms with E-state index >= 15 is 0 Å². The van der Waals surface area contributed by atoms with Crippen molar-refractivity contribution in [1.82, 2.24) is 0 Å². The highest BCUT2D eigenvalue weighted by Crippen LogP contribution is 2.26. The number of benzene rings is 1. The summed E-state index contributed by atoms with van der Waals surface area (Å²) in [5, 5.41) is 11.9. The molecule has 4 heteroatoms. The van der Waals surface area contributed by atoms with E-state index in [0.717, 1.165) is 5.69 Å². The SMILES string of the molecule is C#CC(C)(C)Nc1ccc(C(=O)O)cc1Br. The van der Waals surface area contributed by atoms with Crippen LogP contribution in [0.3, 0.4) is 0 Å². The molecule has 0 spiro atoms. The molecule has 3 nitrogen and oxygen atoms in total. The van der Waals surface area contributed by atoms with Crippen molar-refractivity contribution < 1.29 is 9.90 Å². The predicted molar refractivity (Wildman–Crippen MR) is 67.6 cm³/mol. The molecule has 0 aliphatic heterocycles. The van der Waals surface area contributed by atoms with E-state index in [-0.39, 0.29) is 5.56 Å². The first-order chi connectivity index (χ1) is 7.35. The predicted octanol–water partition coefficient (Wildman–Crippen LogP) is 2.97. The van der Waals surface area contributed by atoms with Gasteiger partial charge in [-0.2, -0.15) is 0 Å². The van der Waals surface area contributed by atoms with Crippen LogP contribution in [0.15, 0.2) is 22.7 Å². The lowest BCUT2D eigenvalue weighted by molar-refractivity contribution is 0.0697. The molecule has 0 amide bonds. The number of hydrogen-bond acceptors (Lipinski definition) is 2. The van der Waals surface area contributed by atoms with Gasteiger partial charge in [-0.15, -0.1) is 6.42 Å². The Kier molecular flexibility index (Phi) is 3.61. The van der Waals surface area contributed by atoms with Crippen LogP contribution < -0.4 is 5.32 Å². The molecule has 1 rings (SSSR count). The van der Waals surface area contributed by atoms with Crippen LogP contribution in [0.25, 0.3) is 0 Å². The Morgan fingerprint density at radius 2 is 2.19 bits per heavy atom. The van der Waals surface area contributed by atoms with Crippen molar-refractivity contribution in [2.75, 3.05) is 5.32 Å². The molecular weight excluding hydrogens is 270 g/mol. The monoisotopic (exact) mass is 281 g/mol. The molecule has 0 aliphatic rings. The van der Waals surface area contributed by atoms with E-state index in [0.29, 0.717) is 4.47 Å². The van der Waals surface area contributed by atoms with Gasteiger partial charge >= 0.3 is 5.97 Å². The van der Waals surface area contributed by atoms with E-state index in [1.165, 1.54) is 12.1 Å². The molecule has 0 saturated carbocycles. The molecule has 0 atom stereocenters. The van der Waals surface area contributed by atoms with E-state index in [4.69, 9.17) is 11.5 Å². The third-order valence-corrected chi connectivity index (χ3v) is 2.68. The first-order valence-corrected chi connectivity index (χ1v) is 5.44. The molecule has 1 aromatic rings. The Morgan fingerprint density at radius 3 is 2.62 bits per heavy atom. The van der Waals surface area contributed by atoms with Gasteiger partial charge in [0.05, 0.1) is 11.1 Å². The van der Waals surface area contributed by atoms with Crippen LogP contribution in [-0.4, -0.2) is 16.6 Å². The molecule has 0 fully saturated rings. The van der Waals surface area contributed by atoms with Crippen molar-refractivity contribution in [2.24, 2.45) is 0 Å². The number of nitrogens with one attached hydrogen (secondary N) is 1. The molecule has 0 heterocycles. The fourth-order valence-corrected chi connectivity index (χ4v) is 1.60. The van der Waals surface area contributed by atoms with Crippen molar-refractivity contribution >= 4 is 27.6 Å². The van der Waals surface area contributed by atoms with Gasteiger partial charge in [0.1, 0.15) is 0 Å². The van der Waals surface area contributed by atoms with Crippen LogP contribution in [0.5, 0.6) is 0 Å². The first kappa shape index (κ1) is 12.6. The van der Waals surface area contributed by atoms with E-state index in [9.17, 15) is 4.79 Å². The minimum atomic E-state index is -0.955. The Balaban J connectivity index is 3.02. The normalized spacial score (nSPS) is 10.6. The number of hydrogen-bond donors (Lipinski definition) is 2. The molecule has 0 aromatic heterocycles. The van der Waals surface area contributed by atoms with Gasteiger partial charge in [0.2, 0.25) is 0 Å². The summed E-state index contributed by atoms with van der Waals surface area (Å²) >= 11 is 3.30. The molecule has 84 valence electrons. The fraction of sp³-hybridized carbons (Fsp3) is 0.250. The summed E-state index contributed by atoms with van der Waals surface area (Å²) in [4.78, 5) is 10.7. The lowest BCUT2D eigenvalue weighted by atomic mass is 10.1. The standard InChI is InChI=1S/C12H12BrNO2/c1-4-12(2,3)14-10-6-5-8(11(15)16)7-9(10)13/h1,5-7,14H,2-3H3,(H,15,16). The van der Waals surface area contributed by atoms with E-state index < -0.39 is 11.5 Å². The Labute approximate surface area is 103 Å². The summed E-state index contributed by atoms with van der Waals surface area (Å²) in [7, 11) is 0. The molecule has 0 bridgehead atoms. The largest absolute Gasteiger partial charge is 0.478 e. The number of carboxylic acid groups (broad SMARTS) is 1. The summed E-state index contributed by atoms with van der Waals surface area (Å²) in [6.45, 7) is 3.73. The van der Waals surface area contributed by atoms with Crippen molar-refractivity contribution in [2.45, 2.75) is 19.4 Å². The van der Waals surface area contributed by atoms with Crippen LogP contribution in [0.1, 0.15) is 24.2 Å². The third-order valence-electron chi connectivity index (χ3n) is 2.02. The highest BCUT2D eigenvalue weighted by molar-refractivity contribution is 9.10. The van der Waals surface area contributed by atoms with Crippen LogP contribution in [0.4, 0.5) is 5.69 Å². The molecule has 1 aromatic carbocycles. The lowest BCUT2D eigenvalue weighted by Crippen LogP contribution is -2.28. The van der Waals surface area contributed by atoms with E-state index in [1.54, 1.807) is 6.07 Å². The highest BCUT2D eigenvalue weighted by Gasteiger charge is 2.15. The van der Waals surface area contributed by atoms with Crippen molar-refractivity contribution in [3.8, 4) is 12.3 Å². The average molecular weight is 282 g/mol. The number of carboxylic acids is 1. The fourth-order valence-electron chi connectivity index (χ4n) is 1.12. The number of anilines is 1. The van der Waals surface area contributed by atoms with Crippen molar-refractivity contribution in [3.63, 3.8) is 0 Å². The smallest absolute Gasteiger partial charge is 0.335 e. The lowest BCUT2D eigenvalue weighted by Gasteiger charge is -2.22. The van der Waals surface area contributed by atoms with Gasteiger partial charge in [-0.3, -0.25) is 0 Å². The van der Waals surface area contributed by atoms with E-state index in [1.807, 2.05) is 13.8 Å². The molecular formula is C12H12BrNO2. The molecule has 2 N–H and O–H groups in total. The van der Waals surface area contributed by atoms with Crippen LogP contribution >= 0.6 is 15.9 Å². The Morgan fingerprint density at radius 1 is 1.56 bits per heavy atom. The van der Waals surface area contributed by atoms with Gasteiger partial charge in [0, 0.05) is 10.2 Å². The third kappa shape index (κ3) is 3.01. The maximum Gasteiger partial charge on any atom is 0.335 e. The van der Waals surface area contributed by atoms with Crippen LogP contribution in [0.2, 0.25) is 0 Å². The van der Waals surface area contributed by atoms with E-state index in [2.05, 4.69) is 27.2 Å². The van der Waals surface area contributed by atoms with Gasteiger partial charge in [-0.05, 0) is 48.0 Å². The second-order valence-electron chi connectivity index (χ2n) is 3.89. The minimum absolute atomic E-state index is 0.232. The Bertz CT molecular complexity index is 461. The number of rotatable bonds is 3. The summed E-state index contributed by atoms with van der Waals surface area (Å²) in [5.41, 5.74) is 0.525. The van der Waals surface area contributed by atoms with Gasteiger partial charge in [0.15, 0.2) is 0 Å². The van der Waals surface area contributed by atoms with Crippen LogP contribution in [-0.2, 0) is 0 Å². The Hall–Kier alpha value is -1.47. The highest BCUT2D eigenvalue weighted by atomic mass is 79.9. The number of carbonyl (C=O) groups is 1. The number of terminal acetylenes is 1. The topological polar surface area (TPSA) is 49.3 Å². The zero-order valence-electron chi connectivity index (χ0n) is 9.04. The average Bonchev–Trinajstić information content (AvgIpc) is 2.20. The van der Waals surface area contributed by atoms with Gasteiger partial charge < -0.3 is 10.4 Å². The quantitative estimate of drug-likeness (QED) is 0.838. The molecule has 16 heavy (non-hydrogen) atoms. The van der Waals surface area contributed by atoms with Crippen molar-refractivity contribution in [1.29, 1.82) is 0 Å². The van der Waals surface area contributed by atoms with Gasteiger partial charge in [-0.25, -0.2) is 4.79 Å². The van der Waals surface area contributed by atoms with Crippen molar-refractivity contribution in [3.05, 3.63) is 28.2 Å². The molecule has 0 radical (unpaired) electrons. The molecule has 0 saturated heterocycles. The summed E-state index contributed by atoms with van der Waals surface area (Å²) in [6, 6.07) is 4.76. The van der Waals surface area contributed by atoms with Gasteiger partial charge in [-0.1, -0.05) is 5.92 Å². The minimum Gasteiger partial charge on any atom is -0.478 e. The zero-order chi connectivity index (χ0) is 12.3. The van der Waals surface area contributed by atoms with Gasteiger partial charge in [0.25, 0.3) is 0 Å². The maximum absolute atomic E-state index is 10.7. The summed E-state index contributed by atoms with van der Waals surface area (Å²) < 4.78 is 0.677. The molecule has 0 unspecified atom stereocenters. The second kappa shape index (κ2) is 4.58. The second-order valence-corrected chi connectivity index (χ2v) is 4.75. The molecule has 0 aliphatic carbocycles.